The van der Waals surface area contributed by atoms with Gasteiger partial charge in [-0.2, -0.15) is 0 Å². The van der Waals surface area contributed by atoms with Crippen molar-refractivity contribution in [3.8, 4) is 5.75 Å². The van der Waals surface area contributed by atoms with Gasteiger partial charge in [0.1, 0.15) is 12.4 Å². The van der Waals surface area contributed by atoms with Crippen molar-refractivity contribution in [1.82, 2.24) is 0 Å². The number of allylic oxidation sites excluding steroid dienone is 3. The average molecular weight is 463 g/mol. The van der Waals surface area contributed by atoms with Crippen LogP contribution in [0, 0.1) is 0 Å². The second-order valence-electron chi connectivity index (χ2n) is 7.27. The molecule has 34 heavy (non-hydrogen) atoms. The Morgan fingerprint density at radius 1 is 1.03 bits per heavy atom. The van der Waals surface area contributed by atoms with Gasteiger partial charge in [0.05, 0.1) is 0 Å². The van der Waals surface area contributed by atoms with Crippen LogP contribution >= 0.6 is 0 Å². The van der Waals surface area contributed by atoms with E-state index in [-0.39, 0.29) is 6.61 Å². The molecule has 0 unspecified atom stereocenters. The van der Waals surface area contributed by atoms with Gasteiger partial charge in [-0.3, -0.25) is 0 Å². The highest BCUT2D eigenvalue weighted by molar-refractivity contribution is 5.87. The number of benzene rings is 2. The van der Waals surface area contributed by atoms with Crippen molar-refractivity contribution in [2.45, 2.75) is 61.3 Å². The van der Waals surface area contributed by atoms with Crippen LogP contribution in [0.4, 0.5) is 0 Å². The van der Waals surface area contributed by atoms with E-state index in [2.05, 4.69) is 37.8 Å². The first-order valence-electron chi connectivity index (χ1n) is 12.1. The van der Waals surface area contributed by atoms with Crippen LogP contribution in [0.1, 0.15) is 60.5 Å². The van der Waals surface area contributed by atoms with Crippen molar-refractivity contribution >= 4 is 18.6 Å². The summed E-state index contributed by atoms with van der Waals surface area (Å²) < 4.78 is 5.86. The molecule has 0 amide bonds. The molecule has 2 rings (SSSR count). The molecule has 3 heteroatoms. The zero-order chi connectivity index (χ0) is 25.9. The molecule has 0 atom stereocenters. The summed E-state index contributed by atoms with van der Waals surface area (Å²) in [6, 6.07) is 16.1. The molecule has 0 heterocycles. The number of hydrogen-bond donors (Lipinski definition) is 1. The van der Waals surface area contributed by atoms with Gasteiger partial charge < -0.3 is 9.84 Å². The summed E-state index contributed by atoms with van der Waals surface area (Å²) in [6.45, 7) is 17.9. The van der Waals surface area contributed by atoms with Crippen molar-refractivity contribution in [2.24, 2.45) is 0 Å². The van der Waals surface area contributed by atoms with E-state index < -0.39 is 5.97 Å². The van der Waals surface area contributed by atoms with E-state index >= 15 is 0 Å². The number of carboxylic acid groups (broad SMARTS) is 1. The maximum Gasteiger partial charge on any atom is 0.331 e. The van der Waals surface area contributed by atoms with Gasteiger partial charge in [-0.05, 0) is 67.3 Å². The largest absolute Gasteiger partial charge is 0.489 e. The quantitative estimate of drug-likeness (QED) is 0.327. The molecular weight excluding hydrogens is 420 g/mol. The Labute approximate surface area is 206 Å². The van der Waals surface area contributed by atoms with Crippen LogP contribution in [-0.2, 0) is 11.2 Å². The molecule has 0 radical (unpaired) electrons. The van der Waals surface area contributed by atoms with Crippen molar-refractivity contribution in [3.05, 3.63) is 99.5 Å². The first kappa shape index (κ1) is 30.7. The Balaban J connectivity index is 0.00000258. The van der Waals surface area contributed by atoms with E-state index in [9.17, 15) is 9.90 Å². The molecule has 0 aromatic heterocycles. The van der Waals surface area contributed by atoms with Gasteiger partial charge >= 0.3 is 5.97 Å². The third-order valence-electron chi connectivity index (χ3n) is 4.87. The van der Waals surface area contributed by atoms with Crippen molar-refractivity contribution in [2.75, 3.05) is 6.61 Å². The van der Waals surface area contributed by atoms with Gasteiger partial charge in [0.15, 0.2) is 0 Å². The molecule has 3 nitrogen and oxygen atoms in total. The highest BCUT2D eigenvalue weighted by atomic mass is 16.5. The number of carboxylic acids is 1. The standard InChI is InChI=1S/C27H30O3.2C2H6/c1-5-9-25(22(4)27(28)29)19-30-26-13-8-11-23(18-26)16-14-20(2)15-17-24-12-7-6-10-21(24)3;2*1-2/h5-13,15,17-18H,3,14,16,19H2,1-2,4H3,(H,28,29);2*1-2H3/b9-5-,20-15+,24-17-,25-22-;;. The summed E-state index contributed by atoms with van der Waals surface area (Å²) in [6.07, 6.45) is 9.71. The molecule has 0 aliphatic heterocycles. The van der Waals surface area contributed by atoms with Gasteiger partial charge in [-0.15, -0.1) is 0 Å². The Bertz CT molecular complexity index is 1070. The predicted molar refractivity (Wildman–Crippen MR) is 148 cm³/mol. The zero-order valence-electron chi connectivity index (χ0n) is 22.0. The van der Waals surface area contributed by atoms with Gasteiger partial charge in [-0.25, -0.2) is 4.79 Å². The number of aliphatic carboxylic acids is 1. The van der Waals surface area contributed by atoms with Crippen molar-refractivity contribution in [3.63, 3.8) is 0 Å². The fraction of sp³-hybridized carbons (Fsp3) is 0.323. The molecule has 0 spiro atoms. The minimum absolute atomic E-state index is 0.226. The maximum absolute atomic E-state index is 11.2. The first-order chi connectivity index (χ1) is 16.4. The highest BCUT2D eigenvalue weighted by Crippen LogP contribution is 2.18. The molecule has 2 aromatic rings. The lowest BCUT2D eigenvalue weighted by Crippen LogP contribution is -2.21. The second-order valence-corrected chi connectivity index (χ2v) is 7.27. The fourth-order valence-electron chi connectivity index (χ4n) is 2.93. The van der Waals surface area contributed by atoms with Crippen LogP contribution in [0.15, 0.2) is 83.5 Å². The van der Waals surface area contributed by atoms with Crippen LogP contribution in [-0.4, -0.2) is 17.7 Å². The molecule has 0 saturated carbocycles. The summed E-state index contributed by atoms with van der Waals surface area (Å²) >= 11 is 0. The molecule has 0 saturated heterocycles. The molecule has 2 aromatic carbocycles. The lowest BCUT2D eigenvalue weighted by Gasteiger charge is -2.10. The third-order valence-corrected chi connectivity index (χ3v) is 4.87. The topological polar surface area (TPSA) is 46.5 Å². The second kappa shape index (κ2) is 18.1. The van der Waals surface area contributed by atoms with Crippen molar-refractivity contribution < 1.29 is 14.6 Å². The number of aryl methyl sites for hydroxylation is 1. The van der Waals surface area contributed by atoms with Crippen LogP contribution in [0.25, 0.3) is 12.7 Å². The molecule has 184 valence electrons. The molecular formula is C31H42O3. The molecule has 1 N–H and O–H groups in total. The van der Waals surface area contributed by atoms with Gasteiger partial charge in [0, 0.05) is 5.57 Å². The summed E-state index contributed by atoms with van der Waals surface area (Å²) in [5.41, 5.74) is 3.44. The van der Waals surface area contributed by atoms with E-state index in [1.165, 1.54) is 11.1 Å². The fourth-order valence-corrected chi connectivity index (χ4v) is 2.93. The number of hydrogen-bond acceptors (Lipinski definition) is 2. The van der Waals surface area contributed by atoms with Crippen LogP contribution in [0.2, 0.25) is 0 Å². The maximum atomic E-state index is 11.2. The highest BCUT2D eigenvalue weighted by Gasteiger charge is 2.08. The van der Waals surface area contributed by atoms with Gasteiger partial charge in [0.25, 0.3) is 0 Å². The van der Waals surface area contributed by atoms with E-state index in [1.807, 2.05) is 77.1 Å². The van der Waals surface area contributed by atoms with Crippen LogP contribution in [0.3, 0.4) is 0 Å². The summed E-state index contributed by atoms with van der Waals surface area (Å²) in [7, 11) is 0. The Morgan fingerprint density at radius 2 is 1.71 bits per heavy atom. The minimum atomic E-state index is -0.930. The van der Waals surface area contributed by atoms with Crippen LogP contribution < -0.4 is 15.2 Å². The summed E-state index contributed by atoms with van der Waals surface area (Å²) in [5, 5.41) is 11.4. The smallest absolute Gasteiger partial charge is 0.331 e. The average Bonchev–Trinajstić information content (AvgIpc) is 2.87. The number of ether oxygens (including phenoxy) is 1. The monoisotopic (exact) mass is 462 g/mol. The summed E-state index contributed by atoms with van der Waals surface area (Å²) in [4.78, 5) is 11.2. The molecule has 0 fully saturated rings. The number of carbonyl (C=O) groups is 1. The Kier molecular flexibility index (Phi) is 16.4. The summed E-state index contributed by atoms with van der Waals surface area (Å²) in [5.74, 6) is -0.187. The van der Waals surface area contributed by atoms with Crippen LogP contribution in [0.5, 0.6) is 5.75 Å². The molecule has 0 bridgehead atoms. The zero-order valence-corrected chi connectivity index (χ0v) is 22.0. The van der Waals surface area contributed by atoms with E-state index in [0.717, 1.165) is 29.0 Å². The lowest BCUT2D eigenvalue weighted by atomic mass is 10.0. The van der Waals surface area contributed by atoms with E-state index in [1.54, 1.807) is 13.0 Å². The Hall–Kier alpha value is -3.33. The normalized spacial score (nSPS) is 12.2. The lowest BCUT2D eigenvalue weighted by molar-refractivity contribution is -0.132. The van der Waals surface area contributed by atoms with E-state index in [4.69, 9.17) is 4.74 Å². The van der Waals surface area contributed by atoms with Gasteiger partial charge in [0.2, 0.25) is 0 Å². The predicted octanol–water partition coefficient (Wildman–Crippen LogP) is 6.86. The third kappa shape index (κ3) is 11.5. The Morgan fingerprint density at radius 3 is 2.32 bits per heavy atom. The molecule has 0 aliphatic rings. The minimum Gasteiger partial charge on any atom is -0.489 e. The molecule has 0 aliphatic carbocycles. The SMILES string of the molecule is C=c1cccc/c1=C/C=C(\C)CCc1cccc(OCC(/C=C\C)=C(/C)C(=O)O)c1.CC.CC. The van der Waals surface area contributed by atoms with E-state index in [0.29, 0.717) is 11.1 Å². The van der Waals surface area contributed by atoms with Gasteiger partial charge in [-0.1, -0.05) is 101 Å². The first-order valence-corrected chi connectivity index (χ1v) is 12.1. The number of rotatable bonds is 9. The van der Waals surface area contributed by atoms with Crippen molar-refractivity contribution in [1.29, 1.82) is 0 Å².